The standard InChI is InChI=1S/C19H19F6NOSi.2ClH.Zr/c1-11-5-6-16(28(2,3)4)17(27)15(11)10-26-14-8-12(18(20,21)22)7-13(9-14)19(23,24)25;;;/h5-10,27H,1-4H3;2*1H;/q;;;+2/p-2. The fourth-order valence-electron chi connectivity index (χ4n) is 2.63. The van der Waals surface area contributed by atoms with Crippen LogP contribution in [0.2, 0.25) is 19.6 Å². The number of aryl methyl sites for hydroxylation is 1. The van der Waals surface area contributed by atoms with Crippen LogP contribution in [-0.4, -0.2) is 19.4 Å². The first kappa shape index (κ1) is 28.2. The molecule has 0 aromatic heterocycles. The van der Waals surface area contributed by atoms with Crippen molar-refractivity contribution in [1.82, 2.24) is 0 Å². The van der Waals surface area contributed by atoms with Crippen LogP contribution in [0.1, 0.15) is 22.3 Å². The quantitative estimate of drug-likeness (QED) is 0.229. The summed E-state index contributed by atoms with van der Waals surface area (Å²) in [5.41, 5.74) is -2.51. The molecule has 0 heterocycles. The first-order valence-corrected chi connectivity index (χ1v) is 18.5. The summed E-state index contributed by atoms with van der Waals surface area (Å²) in [4.78, 5) is 3.80. The van der Waals surface area contributed by atoms with Crippen molar-refractivity contribution in [3.63, 3.8) is 0 Å². The third-order valence-corrected chi connectivity index (χ3v) is 6.18. The molecule has 1 N–H and O–H groups in total. The molecule has 0 radical (unpaired) electrons. The van der Waals surface area contributed by atoms with Gasteiger partial charge in [0.25, 0.3) is 0 Å². The second-order valence-electron chi connectivity index (χ2n) is 7.54. The summed E-state index contributed by atoms with van der Waals surface area (Å²) < 4.78 is 77.7. The summed E-state index contributed by atoms with van der Waals surface area (Å²) >= 11 is -0.826. The third kappa shape index (κ3) is 8.22. The molecule has 0 saturated carbocycles. The van der Waals surface area contributed by atoms with Gasteiger partial charge in [-0.3, -0.25) is 4.99 Å². The van der Waals surface area contributed by atoms with E-state index in [0.29, 0.717) is 17.7 Å². The molecule has 0 amide bonds. The summed E-state index contributed by atoms with van der Waals surface area (Å²) in [5.74, 6) is -0.0501. The molecule has 2 aromatic rings. The predicted octanol–water partition coefficient (Wildman–Crippen LogP) is 7.41. The minimum atomic E-state index is -4.94. The number of benzene rings is 2. The Bertz CT molecular complexity index is 910. The van der Waals surface area contributed by atoms with Gasteiger partial charge in [-0.25, -0.2) is 0 Å². The average molecular weight is 582 g/mol. The van der Waals surface area contributed by atoms with Crippen molar-refractivity contribution in [2.24, 2.45) is 4.99 Å². The van der Waals surface area contributed by atoms with Crippen LogP contribution in [0, 0.1) is 6.92 Å². The maximum atomic E-state index is 13.0. The van der Waals surface area contributed by atoms with Gasteiger partial charge in [0, 0.05) is 11.8 Å². The Kier molecular flexibility index (Phi) is 9.88. The number of phenols is 1. The number of aliphatic imine (C=N–C) groups is 1. The molecule has 0 fully saturated rings. The van der Waals surface area contributed by atoms with Crippen molar-refractivity contribution in [3.8, 4) is 5.75 Å². The molecule has 170 valence electrons. The van der Waals surface area contributed by atoms with Crippen molar-refractivity contribution in [2.75, 3.05) is 0 Å². The fraction of sp³-hybridized carbons (Fsp3) is 0.316. The van der Waals surface area contributed by atoms with Crippen molar-refractivity contribution in [3.05, 3.63) is 52.6 Å². The molecule has 0 spiro atoms. The molecule has 0 aliphatic rings. The van der Waals surface area contributed by atoms with Gasteiger partial charge in [-0.15, -0.1) is 0 Å². The van der Waals surface area contributed by atoms with Crippen LogP contribution in [-0.2, 0) is 33.2 Å². The van der Waals surface area contributed by atoms with E-state index in [1.54, 1.807) is 19.1 Å². The third-order valence-electron chi connectivity index (χ3n) is 4.16. The number of phenolic OH excluding ortho intramolecular Hbond substituents is 1. The number of alkyl halides is 6. The molecule has 0 aliphatic heterocycles. The molecular formula is C19H19Cl2F6NOSiZr. The van der Waals surface area contributed by atoms with Gasteiger partial charge in [0.05, 0.1) is 24.9 Å². The molecule has 2 nitrogen and oxygen atoms in total. The zero-order valence-electron chi connectivity index (χ0n) is 16.9. The predicted molar refractivity (Wildman–Crippen MR) is 111 cm³/mol. The number of aromatic hydroxyl groups is 1. The van der Waals surface area contributed by atoms with Crippen LogP contribution >= 0.6 is 17.0 Å². The van der Waals surface area contributed by atoms with Crippen LogP contribution in [0.15, 0.2) is 35.3 Å². The van der Waals surface area contributed by atoms with Crippen LogP contribution < -0.4 is 5.19 Å². The molecule has 31 heavy (non-hydrogen) atoms. The normalized spacial score (nSPS) is 12.5. The molecule has 0 unspecified atom stereocenters. The summed E-state index contributed by atoms with van der Waals surface area (Å²) in [7, 11) is 7.95. The van der Waals surface area contributed by atoms with Gasteiger partial charge in [0.15, 0.2) is 0 Å². The monoisotopic (exact) mass is 579 g/mol. The van der Waals surface area contributed by atoms with Crippen LogP contribution in [0.4, 0.5) is 32.0 Å². The van der Waals surface area contributed by atoms with Gasteiger partial charge in [-0.2, -0.15) is 26.3 Å². The first-order valence-electron chi connectivity index (χ1n) is 8.65. The van der Waals surface area contributed by atoms with E-state index in [4.69, 9.17) is 17.0 Å². The molecule has 0 bridgehead atoms. The summed E-state index contributed by atoms with van der Waals surface area (Å²) in [6.45, 7) is 7.67. The Hall–Kier alpha value is -0.830. The SMILES string of the molecule is Cc1ccc([Si](C)(C)C)c(O)c1C=Nc1cc(C(F)(F)F)cc(C(F)(F)F)c1.[Cl][Zr][Cl]. The Morgan fingerprint density at radius 1 is 0.935 bits per heavy atom. The van der Waals surface area contributed by atoms with E-state index in [-0.39, 0.29) is 17.4 Å². The summed E-state index contributed by atoms with van der Waals surface area (Å²) in [6.07, 6.45) is -8.79. The second-order valence-corrected chi connectivity index (χ2v) is 16.3. The maximum absolute atomic E-state index is 13.0. The average Bonchev–Trinajstić information content (AvgIpc) is 2.59. The molecule has 2 aromatic carbocycles. The van der Waals surface area contributed by atoms with Gasteiger partial charge in [-0.1, -0.05) is 31.8 Å². The van der Waals surface area contributed by atoms with Gasteiger partial charge in [0.2, 0.25) is 0 Å². The van der Waals surface area contributed by atoms with Crippen molar-refractivity contribution >= 4 is 42.2 Å². The van der Waals surface area contributed by atoms with E-state index in [9.17, 15) is 31.4 Å². The van der Waals surface area contributed by atoms with E-state index >= 15 is 0 Å². The van der Waals surface area contributed by atoms with E-state index in [0.717, 1.165) is 11.4 Å². The van der Waals surface area contributed by atoms with Gasteiger partial charge in [-0.05, 0) is 35.9 Å². The van der Waals surface area contributed by atoms with Gasteiger partial charge < -0.3 is 5.11 Å². The zero-order chi connectivity index (χ0) is 24.2. The Morgan fingerprint density at radius 3 is 1.77 bits per heavy atom. The van der Waals surface area contributed by atoms with E-state index in [1.165, 1.54) is 0 Å². The van der Waals surface area contributed by atoms with E-state index in [1.807, 2.05) is 19.6 Å². The van der Waals surface area contributed by atoms with E-state index < -0.39 is 58.1 Å². The molecule has 0 aliphatic carbocycles. The van der Waals surface area contributed by atoms with Crippen molar-refractivity contribution < 1.29 is 52.3 Å². The number of rotatable bonds is 3. The zero-order valence-corrected chi connectivity index (χ0v) is 21.9. The topological polar surface area (TPSA) is 32.6 Å². The molecule has 2 rings (SSSR count). The fourth-order valence-corrected chi connectivity index (χ4v) is 4.06. The number of halogens is 8. The van der Waals surface area contributed by atoms with E-state index in [2.05, 4.69) is 4.99 Å². The van der Waals surface area contributed by atoms with Crippen LogP contribution in [0.5, 0.6) is 5.75 Å². The Labute approximate surface area is 196 Å². The molecule has 0 atom stereocenters. The molecule has 12 heteroatoms. The van der Waals surface area contributed by atoms with Gasteiger partial charge in [0.1, 0.15) is 5.75 Å². The summed E-state index contributed by atoms with van der Waals surface area (Å²) in [6, 6.07) is 4.65. The summed E-state index contributed by atoms with van der Waals surface area (Å²) in [5, 5.41) is 11.3. The van der Waals surface area contributed by atoms with Gasteiger partial charge >= 0.3 is 50.2 Å². The Balaban J connectivity index is 0.00000151. The van der Waals surface area contributed by atoms with Crippen molar-refractivity contribution in [2.45, 2.75) is 38.9 Å². The second kappa shape index (κ2) is 10.9. The number of hydrogen-bond donors (Lipinski definition) is 1. The molecular weight excluding hydrogens is 562 g/mol. The minimum absolute atomic E-state index is 0.0492. The van der Waals surface area contributed by atoms with Crippen LogP contribution in [0.25, 0.3) is 0 Å². The number of nitrogens with zero attached hydrogens (tertiary/aromatic N) is 1. The van der Waals surface area contributed by atoms with Crippen molar-refractivity contribution in [1.29, 1.82) is 0 Å². The Morgan fingerprint density at radius 2 is 1.39 bits per heavy atom. The molecule has 0 saturated heterocycles. The number of hydrogen-bond acceptors (Lipinski definition) is 2. The van der Waals surface area contributed by atoms with Crippen LogP contribution in [0.3, 0.4) is 0 Å². The first-order chi connectivity index (χ1) is 14.0.